The van der Waals surface area contributed by atoms with Crippen molar-refractivity contribution in [3.05, 3.63) is 73.4 Å². The Morgan fingerprint density at radius 1 is 0.893 bits per heavy atom. The van der Waals surface area contributed by atoms with E-state index in [-0.39, 0.29) is 23.1 Å². The maximum atomic E-state index is 11.5. The van der Waals surface area contributed by atoms with E-state index in [0.29, 0.717) is 21.4 Å². The maximum absolute atomic E-state index is 11.5. The van der Waals surface area contributed by atoms with Crippen LogP contribution < -0.4 is 10.6 Å². The summed E-state index contributed by atoms with van der Waals surface area (Å²) in [5.74, 6) is 0.279. The number of anilines is 4. The fraction of sp³-hybridized carbons (Fsp3) is 0.158. The van der Waals surface area contributed by atoms with E-state index in [4.69, 9.17) is 23.2 Å². The molecule has 7 nitrogen and oxygen atoms in total. The Morgan fingerprint density at radius 2 is 1.43 bits per heavy atom. The normalized spacial score (nSPS) is 10.6. The summed E-state index contributed by atoms with van der Waals surface area (Å²) in [5.41, 5.74) is 3.12. The van der Waals surface area contributed by atoms with Gasteiger partial charge < -0.3 is 10.6 Å². The molecule has 0 amide bonds. The third-order valence-electron chi connectivity index (χ3n) is 4.10. The van der Waals surface area contributed by atoms with Crippen LogP contribution in [-0.4, -0.2) is 14.9 Å². The van der Waals surface area contributed by atoms with Crippen LogP contribution in [0.5, 0.6) is 0 Å². The van der Waals surface area contributed by atoms with Gasteiger partial charge in [-0.1, -0.05) is 35.3 Å². The highest BCUT2D eigenvalue weighted by Crippen LogP contribution is 2.31. The average Bonchev–Trinajstić information content (AvgIpc) is 2.61. The molecule has 144 valence electrons. The molecule has 3 aromatic rings. The number of benzene rings is 2. The average molecular weight is 418 g/mol. The first-order valence-electron chi connectivity index (χ1n) is 8.34. The van der Waals surface area contributed by atoms with Crippen LogP contribution in [-0.2, 0) is 0 Å². The number of rotatable bonds is 5. The molecule has 0 unspecified atom stereocenters. The highest BCUT2D eigenvalue weighted by molar-refractivity contribution is 6.32. The highest BCUT2D eigenvalue weighted by Gasteiger charge is 2.22. The Balaban J connectivity index is 2.00. The molecular formula is C19H17Cl2N5O2. The van der Waals surface area contributed by atoms with Crippen molar-refractivity contribution in [2.45, 2.75) is 20.8 Å². The van der Waals surface area contributed by atoms with E-state index in [1.807, 2.05) is 32.0 Å². The number of halogens is 2. The maximum Gasteiger partial charge on any atom is 0.332 e. The molecule has 1 heterocycles. The second-order valence-corrected chi connectivity index (χ2v) is 7.08. The van der Waals surface area contributed by atoms with Crippen LogP contribution in [0.25, 0.3) is 0 Å². The third kappa shape index (κ3) is 4.32. The number of hydrogen-bond acceptors (Lipinski definition) is 6. The molecule has 0 saturated carbocycles. The molecule has 2 N–H and O–H groups in total. The molecule has 2 aromatic carbocycles. The van der Waals surface area contributed by atoms with Gasteiger partial charge in [0, 0.05) is 21.4 Å². The third-order valence-corrected chi connectivity index (χ3v) is 4.92. The molecule has 0 aliphatic carbocycles. The standard InChI is InChI=1S/C19H17Cl2N5O2/c1-10-4-6-13(8-15(10)20)23-18-17(26(27)28)12(3)22-19(25-18)24-14-7-5-11(2)16(21)9-14/h4-9H,1-3H3,(H2,22,23,24,25). The molecule has 3 rings (SSSR count). The van der Waals surface area contributed by atoms with Gasteiger partial charge in [0.25, 0.3) is 0 Å². The van der Waals surface area contributed by atoms with Crippen LogP contribution in [0.4, 0.5) is 28.8 Å². The van der Waals surface area contributed by atoms with Crippen molar-refractivity contribution < 1.29 is 4.92 Å². The molecule has 0 spiro atoms. The van der Waals surface area contributed by atoms with E-state index >= 15 is 0 Å². The number of aryl methyl sites for hydroxylation is 3. The van der Waals surface area contributed by atoms with Crippen LogP contribution in [0.1, 0.15) is 16.8 Å². The largest absolute Gasteiger partial charge is 0.334 e. The van der Waals surface area contributed by atoms with Crippen LogP contribution in [0.2, 0.25) is 10.0 Å². The molecule has 9 heteroatoms. The van der Waals surface area contributed by atoms with Crippen LogP contribution in [0.15, 0.2) is 36.4 Å². The number of nitrogens with zero attached hydrogens (tertiary/aromatic N) is 3. The molecule has 0 saturated heterocycles. The first-order valence-corrected chi connectivity index (χ1v) is 9.09. The van der Waals surface area contributed by atoms with Gasteiger partial charge in [-0.3, -0.25) is 10.1 Å². The smallest absolute Gasteiger partial charge is 0.332 e. The lowest BCUT2D eigenvalue weighted by Gasteiger charge is -2.12. The summed E-state index contributed by atoms with van der Waals surface area (Å²) in [6.07, 6.45) is 0. The van der Waals surface area contributed by atoms with E-state index in [9.17, 15) is 10.1 Å². The van der Waals surface area contributed by atoms with Gasteiger partial charge in [0.2, 0.25) is 11.8 Å². The Morgan fingerprint density at radius 3 is 1.93 bits per heavy atom. The molecule has 1 aromatic heterocycles. The monoisotopic (exact) mass is 417 g/mol. The van der Waals surface area contributed by atoms with Gasteiger partial charge in [-0.2, -0.15) is 4.98 Å². The first-order chi connectivity index (χ1) is 13.2. The summed E-state index contributed by atoms with van der Waals surface area (Å²) < 4.78 is 0. The molecular weight excluding hydrogens is 401 g/mol. The summed E-state index contributed by atoms with van der Waals surface area (Å²) in [6, 6.07) is 10.7. The summed E-state index contributed by atoms with van der Waals surface area (Å²) in [6.45, 7) is 5.33. The zero-order chi connectivity index (χ0) is 20.4. The lowest BCUT2D eigenvalue weighted by atomic mass is 10.2. The molecule has 0 fully saturated rings. The second-order valence-electron chi connectivity index (χ2n) is 6.26. The quantitative estimate of drug-likeness (QED) is 0.384. The molecule has 28 heavy (non-hydrogen) atoms. The van der Waals surface area contributed by atoms with E-state index in [1.165, 1.54) is 0 Å². The van der Waals surface area contributed by atoms with Crippen molar-refractivity contribution in [1.29, 1.82) is 0 Å². The van der Waals surface area contributed by atoms with E-state index in [1.54, 1.807) is 25.1 Å². The van der Waals surface area contributed by atoms with Gasteiger partial charge in [0.1, 0.15) is 5.69 Å². The molecule has 0 aliphatic rings. The molecule has 0 aliphatic heterocycles. The van der Waals surface area contributed by atoms with Crippen molar-refractivity contribution >= 4 is 52.0 Å². The Labute approximate surface area is 171 Å². The summed E-state index contributed by atoms with van der Waals surface area (Å²) >= 11 is 12.3. The summed E-state index contributed by atoms with van der Waals surface area (Å²) in [5, 5.41) is 18.7. The van der Waals surface area contributed by atoms with Gasteiger partial charge in [0.05, 0.1) is 4.92 Å². The Bertz CT molecular complexity index is 1070. The van der Waals surface area contributed by atoms with Crippen molar-refractivity contribution in [2.75, 3.05) is 10.6 Å². The zero-order valence-electron chi connectivity index (χ0n) is 15.4. The predicted octanol–water partition coefficient (Wildman–Crippen LogP) is 6.10. The lowest BCUT2D eigenvalue weighted by molar-refractivity contribution is -0.385. The number of hydrogen-bond donors (Lipinski definition) is 2. The van der Waals surface area contributed by atoms with Gasteiger partial charge in [-0.05, 0) is 56.2 Å². The van der Waals surface area contributed by atoms with Crippen molar-refractivity contribution in [3.8, 4) is 0 Å². The van der Waals surface area contributed by atoms with Crippen LogP contribution >= 0.6 is 23.2 Å². The van der Waals surface area contributed by atoms with Gasteiger partial charge >= 0.3 is 5.69 Å². The predicted molar refractivity (Wildman–Crippen MR) is 112 cm³/mol. The molecule has 0 atom stereocenters. The first kappa shape index (κ1) is 19.9. The minimum absolute atomic E-state index is 0.0677. The number of nitrogens with one attached hydrogen (secondary N) is 2. The van der Waals surface area contributed by atoms with Gasteiger partial charge in [-0.15, -0.1) is 0 Å². The van der Waals surface area contributed by atoms with Gasteiger partial charge in [-0.25, -0.2) is 4.98 Å². The summed E-state index contributed by atoms with van der Waals surface area (Å²) in [4.78, 5) is 19.5. The minimum Gasteiger partial charge on any atom is -0.334 e. The fourth-order valence-corrected chi connectivity index (χ4v) is 2.90. The highest BCUT2D eigenvalue weighted by atomic mass is 35.5. The molecule has 0 bridgehead atoms. The zero-order valence-corrected chi connectivity index (χ0v) is 16.9. The Kier molecular flexibility index (Phi) is 5.67. The van der Waals surface area contributed by atoms with Gasteiger partial charge in [0.15, 0.2) is 0 Å². The van der Waals surface area contributed by atoms with E-state index in [2.05, 4.69) is 20.6 Å². The van der Waals surface area contributed by atoms with E-state index in [0.717, 1.165) is 11.1 Å². The Hall–Kier alpha value is -2.90. The van der Waals surface area contributed by atoms with Crippen molar-refractivity contribution in [3.63, 3.8) is 0 Å². The van der Waals surface area contributed by atoms with Crippen LogP contribution in [0.3, 0.4) is 0 Å². The van der Waals surface area contributed by atoms with Crippen molar-refractivity contribution in [1.82, 2.24) is 9.97 Å². The topological polar surface area (TPSA) is 93.0 Å². The van der Waals surface area contributed by atoms with Crippen molar-refractivity contribution in [2.24, 2.45) is 0 Å². The minimum atomic E-state index is -0.514. The van der Waals surface area contributed by atoms with E-state index < -0.39 is 4.92 Å². The molecule has 0 radical (unpaired) electrons. The number of aromatic nitrogens is 2. The number of nitro groups is 1. The fourth-order valence-electron chi connectivity index (χ4n) is 2.54. The lowest BCUT2D eigenvalue weighted by Crippen LogP contribution is -2.07. The second kappa shape index (κ2) is 8.00. The van der Waals surface area contributed by atoms with Crippen LogP contribution in [0, 0.1) is 30.9 Å². The summed E-state index contributed by atoms with van der Waals surface area (Å²) in [7, 11) is 0. The SMILES string of the molecule is Cc1ccc(Nc2nc(C)c([N+](=O)[O-])c(Nc3ccc(C)c(Cl)c3)n2)cc1Cl.